The van der Waals surface area contributed by atoms with Gasteiger partial charge in [0.1, 0.15) is 0 Å². The van der Waals surface area contributed by atoms with Crippen molar-refractivity contribution in [3.8, 4) is 0 Å². The van der Waals surface area contributed by atoms with E-state index < -0.39 is 0 Å². The molecule has 0 fully saturated rings. The fourth-order valence-electron chi connectivity index (χ4n) is 2.19. The van der Waals surface area contributed by atoms with E-state index in [4.69, 9.17) is 23.2 Å². The predicted octanol–water partition coefficient (Wildman–Crippen LogP) is 6.04. The summed E-state index contributed by atoms with van der Waals surface area (Å²) in [7, 11) is 0. The number of thioether (sulfide) groups is 1. The molecule has 3 aromatic rings. The van der Waals surface area contributed by atoms with Gasteiger partial charge in [-0.3, -0.25) is 9.59 Å². The van der Waals surface area contributed by atoms with Crippen molar-refractivity contribution < 1.29 is 9.59 Å². The zero-order valence-electron chi connectivity index (χ0n) is 13.9. The summed E-state index contributed by atoms with van der Waals surface area (Å²) in [5.41, 5.74) is 1.20. The summed E-state index contributed by atoms with van der Waals surface area (Å²) >= 11 is 14.7. The maximum absolute atomic E-state index is 12.1. The Morgan fingerprint density at radius 1 is 1.00 bits per heavy atom. The van der Waals surface area contributed by atoms with Crippen LogP contribution in [-0.2, 0) is 4.79 Å². The maximum Gasteiger partial charge on any atom is 0.265 e. The molecule has 27 heavy (non-hydrogen) atoms. The summed E-state index contributed by atoms with van der Waals surface area (Å²) in [6.07, 6.45) is 0. The van der Waals surface area contributed by atoms with Crippen LogP contribution in [0.2, 0.25) is 10.0 Å². The molecule has 0 aliphatic heterocycles. The first-order valence-corrected chi connectivity index (χ1v) is 10.5. The lowest BCUT2D eigenvalue weighted by molar-refractivity contribution is -0.113. The van der Waals surface area contributed by atoms with Crippen molar-refractivity contribution in [2.24, 2.45) is 0 Å². The van der Waals surface area contributed by atoms with Crippen molar-refractivity contribution in [3.05, 3.63) is 74.9 Å². The zero-order valence-corrected chi connectivity index (χ0v) is 17.0. The third-order valence-corrected chi connectivity index (χ3v) is 5.82. The minimum absolute atomic E-state index is 0.151. The molecule has 138 valence electrons. The van der Waals surface area contributed by atoms with Crippen LogP contribution in [-0.4, -0.2) is 17.6 Å². The number of nitrogens with one attached hydrogen (secondary N) is 2. The standard InChI is InChI=1S/C19H14Cl2N2O2S2/c20-12-6-7-16(15(21)9-12)23-18(24)11-27-14-4-1-3-13(10-14)22-19(25)17-5-2-8-26-17/h1-10H,11H2,(H,22,25)(H,23,24). The molecule has 8 heteroatoms. The summed E-state index contributed by atoms with van der Waals surface area (Å²) in [5.74, 6) is -0.124. The Balaban J connectivity index is 1.56. The van der Waals surface area contributed by atoms with Gasteiger partial charge in [0, 0.05) is 15.6 Å². The second kappa shape index (κ2) is 9.28. The molecule has 1 heterocycles. The van der Waals surface area contributed by atoms with Crippen molar-refractivity contribution in [1.29, 1.82) is 0 Å². The fraction of sp³-hybridized carbons (Fsp3) is 0.0526. The minimum atomic E-state index is -0.183. The molecule has 3 rings (SSSR count). The molecular weight excluding hydrogens is 423 g/mol. The van der Waals surface area contributed by atoms with E-state index in [1.54, 1.807) is 24.3 Å². The van der Waals surface area contributed by atoms with Crippen molar-refractivity contribution in [1.82, 2.24) is 0 Å². The molecule has 0 saturated carbocycles. The summed E-state index contributed by atoms with van der Waals surface area (Å²) in [5, 5.41) is 8.36. The van der Waals surface area contributed by atoms with E-state index >= 15 is 0 Å². The van der Waals surface area contributed by atoms with Gasteiger partial charge in [-0.05, 0) is 47.8 Å². The number of hydrogen-bond acceptors (Lipinski definition) is 4. The van der Waals surface area contributed by atoms with Gasteiger partial charge >= 0.3 is 0 Å². The number of anilines is 2. The number of carbonyl (C=O) groups is 2. The SMILES string of the molecule is O=C(CSc1cccc(NC(=O)c2cccs2)c1)Nc1ccc(Cl)cc1Cl. The number of thiophene rings is 1. The lowest BCUT2D eigenvalue weighted by atomic mass is 10.3. The van der Waals surface area contributed by atoms with Gasteiger partial charge in [0.05, 0.1) is 21.3 Å². The van der Waals surface area contributed by atoms with Gasteiger partial charge in [-0.15, -0.1) is 23.1 Å². The highest BCUT2D eigenvalue weighted by Crippen LogP contribution is 2.26. The summed E-state index contributed by atoms with van der Waals surface area (Å²) in [6, 6.07) is 15.9. The van der Waals surface area contributed by atoms with Gasteiger partial charge < -0.3 is 10.6 Å². The average molecular weight is 437 g/mol. The molecule has 0 unspecified atom stereocenters. The highest BCUT2D eigenvalue weighted by Gasteiger charge is 2.09. The monoisotopic (exact) mass is 436 g/mol. The number of amides is 2. The van der Waals surface area contributed by atoms with Crippen molar-refractivity contribution in [3.63, 3.8) is 0 Å². The average Bonchev–Trinajstić information content (AvgIpc) is 3.18. The third kappa shape index (κ3) is 5.74. The highest BCUT2D eigenvalue weighted by molar-refractivity contribution is 8.00. The first-order valence-electron chi connectivity index (χ1n) is 7.84. The minimum Gasteiger partial charge on any atom is -0.324 e. The molecule has 0 spiro atoms. The molecule has 0 atom stereocenters. The zero-order chi connectivity index (χ0) is 19.2. The van der Waals surface area contributed by atoms with Crippen LogP contribution >= 0.6 is 46.3 Å². The summed E-state index contributed by atoms with van der Waals surface area (Å²) in [6.45, 7) is 0. The van der Waals surface area contributed by atoms with Gasteiger partial charge in [-0.1, -0.05) is 35.3 Å². The van der Waals surface area contributed by atoms with Crippen molar-refractivity contribution in [2.45, 2.75) is 4.90 Å². The van der Waals surface area contributed by atoms with Gasteiger partial charge in [0.15, 0.2) is 0 Å². The van der Waals surface area contributed by atoms with E-state index in [0.29, 0.717) is 26.3 Å². The Kier molecular flexibility index (Phi) is 6.79. The number of halogens is 2. The number of hydrogen-bond donors (Lipinski definition) is 2. The Hall–Kier alpha value is -1.99. The van der Waals surface area contributed by atoms with Crippen LogP contribution in [0.5, 0.6) is 0 Å². The number of rotatable bonds is 6. The van der Waals surface area contributed by atoms with Gasteiger partial charge in [0.25, 0.3) is 5.91 Å². The number of carbonyl (C=O) groups excluding carboxylic acids is 2. The molecule has 2 N–H and O–H groups in total. The topological polar surface area (TPSA) is 58.2 Å². The normalized spacial score (nSPS) is 10.4. The Bertz CT molecular complexity index is 962. The molecule has 1 aromatic heterocycles. The van der Waals surface area contributed by atoms with Crippen molar-refractivity contribution >= 4 is 69.5 Å². The Morgan fingerprint density at radius 2 is 1.85 bits per heavy atom. The highest BCUT2D eigenvalue weighted by atomic mass is 35.5. The molecule has 4 nitrogen and oxygen atoms in total. The first kappa shape index (κ1) is 19.8. The Labute approximate surface area is 174 Å². The van der Waals surface area contributed by atoms with Gasteiger partial charge in [0.2, 0.25) is 5.91 Å². The van der Waals surface area contributed by atoms with Crippen LogP contribution in [0, 0.1) is 0 Å². The van der Waals surface area contributed by atoms with E-state index in [-0.39, 0.29) is 17.6 Å². The Morgan fingerprint density at radius 3 is 2.59 bits per heavy atom. The molecule has 0 bridgehead atoms. The summed E-state index contributed by atoms with van der Waals surface area (Å²) < 4.78 is 0. The molecule has 0 aliphatic carbocycles. The lowest BCUT2D eigenvalue weighted by Crippen LogP contribution is -2.14. The van der Waals surface area contributed by atoms with Crippen LogP contribution < -0.4 is 10.6 Å². The number of benzene rings is 2. The molecule has 0 aliphatic rings. The maximum atomic E-state index is 12.1. The fourth-order valence-corrected chi connectivity index (χ4v) is 4.02. The molecule has 0 saturated heterocycles. The van der Waals surface area contributed by atoms with Crippen molar-refractivity contribution in [2.75, 3.05) is 16.4 Å². The van der Waals surface area contributed by atoms with Gasteiger partial charge in [-0.2, -0.15) is 0 Å². The molecule has 0 radical (unpaired) electrons. The third-order valence-electron chi connectivity index (χ3n) is 3.41. The van der Waals surface area contributed by atoms with Crippen LogP contribution in [0.25, 0.3) is 0 Å². The molecule has 2 aromatic carbocycles. The quantitative estimate of drug-likeness (QED) is 0.463. The van der Waals surface area contributed by atoms with E-state index in [0.717, 1.165) is 4.90 Å². The van der Waals surface area contributed by atoms with Crippen LogP contribution in [0.3, 0.4) is 0 Å². The first-order chi connectivity index (χ1) is 13.0. The molecular formula is C19H14Cl2N2O2S2. The molecule has 2 amide bonds. The van der Waals surface area contributed by atoms with Gasteiger partial charge in [-0.25, -0.2) is 0 Å². The largest absolute Gasteiger partial charge is 0.324 e. The lowest BCUT2D eigenvalue weighted by Gasteiger charge is -2.08. The smallest absolute Gasteiger partial charge is 0.265 e. The van der Waals surface area contributed by atoms with Crippen LogP contribution in [0.15, 0.2) is 64.9 Å². The predicted molar refractivity (Wildman–Crippen MR) is 115 cm³/mol. The second-order valence-corrected chi connectivity index (χ2v) is 8.26. The van der Waals surface area contributed by atoms with Crippen LogP contribution in [0.4, 0.5) is 11.4 Å². The van der Waals surface area contributed by atoms with E-state index in [9.17, 15) is 9.59 Å². The second-order valence-electron chi connectivity index (χ2n) is 5.42. The van der Waals surface area contributed by atoms with E-state index in [1.807, 2.05) is 35.7 Å². The summed E-state index contributed by atoms with van der Waals surface area (Å²) in [4.78, 5) is 25.8. The van der Waals surface area contributed by atoms with E-state index in [2.05, 4.69) is 10.6 Å². The van der Waals surface area contributed by atoms with E-state index in [1.165, 1.54) is 23.1 Å². The van der Waals surface area contributed by atoms with Crippen LogP contribution in [0.1, 0.15) is 9.67 Å².